The lowest BCUT2D eigenvalue weighted by Crippen LogP contribution is -2.53. The van der Waals surface area contributed by atoms with Crippen molar-refractivity contribution in [2.24, 2.45) is 11.7 Å². The normalized spacial score (nSPS) is 17.8. The summed E-state index contributed by atoms with van der Waals surface area (Å²) in [5, 5.41) is 9.34. The van der Waals surface area contributed by atoms with E-state index in [1.54, 1.807) is 37.4 Å². The highest BCUT2D eigenvalue weighted by Gasteiger charge is 2.38. The van der Waals surface area contributed by atoms with E-state index in [0.717, 1.165) is 23.7 Å². The zero-order chi connectivity index (χ0) is 27.0. The highest BCUT2D eigenvalue weighted by molar-refractivity contribution is 6.32. The summed E-state index contributed by atoms with van der Waals surface area (Å²) in [6, 6.07) is 10.2. The molecule has 2 aromatic carbocycles. The number of amides is 4. The molecule has 2 heterocycles. The predicted octanol–water partition coefficient (Wildman–Crippen LogP) is 2.82. The Morgan fingerprint density at radius 1 is 1.11 bits per heavy atom. The Bertz CT molecular complexity index is 1430. The van der Waals surface area contributed by atoms with Gasteiger partial charge in [0.25, 0.3) is 5.91 Å². The molecule has 2 aliphatic rings. The van der Waals surface area contributed by atoms with Crippen LogP contribution in [0.25, 0.3) is 10.9 Å². The Morgan fingerprint density at radius 2 is 1.87 bits per heavy atom. The average molecular weight is 538 g/mol. The Balaban J connectivity index is 1.32. The number of halogens is 1. The van der Waals surface area contributed by atoms with Crippen LogP contribution in [0, 0.1) is 5.92 Å². The number of primary amides is 1. The number of carbonyl (C=O) groups is 4. The van der Waals surface area contributed by atoms with Crippen molar-refractivity contribution < 1.29 is 23.9 Å². The van der Waals surface area contributed by atoms with Gasteiger partial charge in [0.05, 0.1) is 13.0 Å². The van der Waals surface area contributed by atoms with Gasteiger partial charge in [0.15, 0.2) is 0 Å². The first-order chi connectivity index (χ1) is 18.2. The second kappa shape index (κ2) is 10.4. The second-order valence-electron chi connectivity index (χ2n) is 9.75. The second-order valence-corrected chi connectivity index (χ2v) is 10.2. The summed E-state index contributed by atoms with van der Waals surface area (Å²) in [4.78, 5) is 54.5. The van der Waals surface area contributed by atoms with E-state index in [4.69, 9.17) is 22.1 Å². The highest BCUT2D eigenvalue weighted by atomic mass is 35.5. The molecule has 1 aromatic heterocycles. The topological polar surface area (TPSA) is 155 Å². The fourth-order valence-corrected chi connectivity index (χ4v) is 5.22. The van der Waals surface area contributed by atoms with E-state index in [2.05, 4.69) is 20.9 Å². The first-order valence-electron chi connectivity index (χ1n) is 12.4. The van der Waals surface area contributed by atoms with E-state index in [0.29, 0.717) is 34.4 Å². The Hall–Kier alpha value is -4.05. The third-order valence-corrected chi connectivity index (χ3v) is 7.41. The number of anilines is 1. The minimum Gasteiger partial charge on any atom is -0.496 e. The molecule has 38 heavy (non-hydrogen) atoms. The molecule has 10 nitrogen and oxygen atoms in total. The van der Waals surface area contributed by atoms with Gasteiger partial charge >= 0.3 is 0 Å². The van der Waals surface area contributed by atoms with E-state index in [-0.39, 0.29) is 18.0 Å². The maximum atomic E-state index is 13.3. The lowest BCUT2D eigenvalue weighted by molar-refractivity contribution is -0.129. The number of ether oxygens (including phenoxy) is 1. The third-order valence-electron chi connectivity index (χ3n) is 7.08. The molecule has 5 rings (SSSR count). The SMILES string of the molecule is COc1cccc2[nH]c(C(=O)N[C@@H](CC3CC3)C(=O)N[C@@H](CC3C(=O)Nc4cccc(Cl)c43)C(N)=O)cc12. The number of methoxy groups -OCH3 is 1. The van der Waals surface area contributed by atoms with E-state index in [9.17, 15) is 19.2 Å². The van der Waals surface area contributed by atoms with E-state index in [1.165, 1.54) is 0 Å². The van der Waals surface area contributed by atoms with Crippen LogP contribution < -0.4 is 26.4 Å². The Morgan fingerprint density at radius 3 is 2.58 bits per heavy atom. The van der Waals surface area contributed by atoms with Crippen LogP contribution in [0.15, 0.2) is 42.5 Å². The monoisotopic (exact) mass is 537 g/mol. The molecule has 0 bridgehead atoms. The molecule has 1 saturated carbocycles. The molecule has 6 N–H and O–H groups in total. The summed E-state index contributed by atoms with van der Waals surface area (Å²) >= 11 is 6.32. The van der Waals surface area contributed by atoms with Gasteiger partial charge in [-0.2, -0.15) is 0 Å². The molecule has 0 spiro atoms. The quantitative estimate of drug-likeness (QED) is 0.269. The smallest absolute Gasteiger partial charge is 0.268 e. The molecule has 11 heteroatoms. The van der Waals surface area contributed by atoms with Gasteiger partial charge in [0, 0.05) is 27.2 Å². The summed E-state index contributed by atoms with van der Waals surface area (Å²) in [5.41, 5.74) is 7.75. The number of benzene rings is 2. The molecular weight excluding hydrogens is 510 g/mol. The van der Waals surface area contributed by atoms with Crippen LogP contribution >= 0.6 is 11.6 Å². The lowest BCUT2D eigenvalue weighted by Gasteiger charge is -2.23. The minimum absolute atomic E-state index is 0.0600. The number of nitrogens with two attached hydrogens (primary N) is 1. The molecule has 1 fully saturated rings. The minimum atomic E-state index is -1.14. The summed E-state index contributed by atoms with van der Waals surface area (Å²) in [6.45, 7) is 0. The van der Waals surface area contributed by atoms with Gasteiger partial charge in [-0.1, -0.05) is 36.6 Å². The fraction of sp³-hybridized carbons (Fsp3) is 0.333. The number of fused-ring (bicyclic) bond motifs is 2. The van der Waals surface area contributed by atoms with Crippen molar-refractivity contribution in [2.45, 2.75) is 43.7 Å². The number of aromatic amines is 1. The van der Waals surface area contributed by atoms with Crippen molar-refractivity contribution in [3.05, 3.63) is 58.7 Å². The molecule has 4 amide bonds. The van der Waals surface area contributed by atoms with Crippen LogP contribution in [-0.2, 0) is 14.4 Å². The van der Waals surface area contributed by atoms with Gasteiger partial charge < -0.3 is 31.4 Å². The molecule has 198 valence electrons. The van der Waals surface area contributed by atoms with Gasteiger partial charge in [0.1, 0.15) is 23.5 Å². The van der Waals surface area contributed by atoms with E-state index >= 15 is 0 Å². The van der Waals surface area contributed by atoms with Gasteiger partial charge in [-0.3, -0.25) is 19.2 Å². The summed E-state index contributed by atoms with van der Waals surface area (Å²) in [5.74, 6) is -1.96. The van der Waals surface area contributed by atoms with Crippen LogP contribution in [0.1, 0.15) is 47.7 Å². The fourth-order valence-electron chi connectivity index (χ4n) is 4.91. The zero-order valence-electron chi connectivity index (χ0n) is 20.7. The molecule has 1 aliphatic heterocycles. The predicted molar refractivity (Wildman–Crippen MR) is 142 cm³/mol. The van der Waals surface area contributed by atoms with Gasteiger partial charge in [0.2, 0.25) is 17.7 Å². The number of carbonyl (C=O) groups excluding carboxylic acids is 4. The molecule has 3 aromatic rings. The first kappa shape index (κ1) is 25.6. The van der Waals surface area contributed by atoms with Crippen LogP contribution in [0.2, 0.25) is 5.02 Å². The number of hydrogen-bond donors (Lipinski definition) is 5. The summed E-state index contributed by atoms with van der Waals surface area (Å²) < 4.78 is 5.36. The third kappa shape index (κ3) is 5.17. The van der Waals surface area contributed by atoms with Crippen molar-refractivity contribution in [2.75, 3.05) is 12.4 Å². The number of nitrogens with one attached hydrogen (secondary N) is 4. The van der Waals surface area contributed by atoms with Crippen LogP contribution in [-0.4, -0.2) is 47.8 Å². The van der Waals surface area contributed by atoms with Crippen molar-refractivity contribution in [1.82, 2.24) is 15.6 Å². The van der Waals surface area contributed by atoms with E-state index in [1.807, 2.05) is 12.1 Å². The van der Waals surface area contributed by atoms with Crippen LogP contribution in [0.3, 0.4) is 0 Å². The molecular formula is C27H28ClN5O5. The molecule has 3 atom stereocenters. The summed E-state index contributed by atoms with van der Waals surface area (Å²) in [6.07, 6.45) is 2.28. The molecule has 0 radical (unpaired) electrons. The summed E-state index contributed by atoms with van der Waals surface area (Å²) in [7, 11) is 1.55. The molecule has 0 saturated heterocycles. The first-order valence-corrected chi connectivity index (χ1v) is 12.8. The van der Waals surface area contributed by atoms with Crippen LogP contribution in [0.5, 0.6) is 5.75 Å². The molecule has 1 aliphatic carbocycles. The highest BCUT2D eigenvalue weighted by Crippen LogP contribution is 2.40. The van der Waals surface area contributed by atoms with Crippen LogP contribution in [0.4, 0.5) is 5.69 Å². The maximum Gasteiger partial charge on any atom is 0.268 e. The lowest BCUT2D eigenvalue weighted by atomic mass is 9.92. The van der Waals surface area contributed by atoms with Crippen molar-refractivity contribution >= 4 is 51.8 Å². The number of H-pyrrole nitrogens is 1. The maximum absolute atomic E-state index is 13.3. The number of aromatic nitrogens is 1. The van der Waals surface area contributed by atoms with Crippen molar-refractivity contribution in [3.63, 3.8) is 0 Å². The molecule has 1 unspecified atom stereocenters. The largest absolute Gasteiger partial charge is 0.496 e. The Labute approximate surface area is 223 Å². The Kier molecular flexibility index (Phi) is 6.98. The van der Waals surface area contributed by atoms with E-state index < -0.39 is 35.7 Å². The average Bonchev–Trinajstić information content (AvgIpc) is 3.49. The standard InChI is InChI=1S/C27H28ClN5O5/c1-38-22-7-3-5-17-14(22)11-21(30-17)27(37)33-20(10-13-8-9-13)26(36)32-19(24(29)34)12-15-23-16(28)4-2-6-18(23)31-25(15)35/h2-7,11,13,15,19-20,30H,8-10,12H2,1H3,(H2,29,34)(H,31,35)(H,32,36)(H,33,37)/t15?,19-,20-/m0/s1. The number of rotatable bonds is 10. The van der Waals surface area contributed by atoms with Crippen molar-refractivity contribution in [1.29, 1.82) is 0 Å². The van der Waals surface area contributed by atoms with Gasteiger partial charge in [-0.05, 0) is 49.1 Å². The van der Waals surface area contributed by atoms with Gasteiger partial charge in [-0.15, -0.1) is 0 Å². The van der Waals surface area contributed by atoms with Crippen molar-refractivity contribution in [3.8, 4) is 5.75 Å². The zero-order valence-corrected chi connectivity index (χ0v) is 21.4. The number of hydrogen-bond acceptors (Lipinski definition) is 5. The van der Waals surface area contributed by atoms with Gasteiger partial charge in [-0.25, -0.2) is 0 Å².